The summed E-state index contributed by atoms with van der Waals surface area (Å²) in [7, 11) is 0. The maximum absolute atomic E-state index is 10.3. The third kappa shape index (κ3) is 0.703. The Balaban J connectivity index is 3.35. The van der Waals surface area contributed by atoms with Gasteiger partial charge < -0.3 is 9.52 Å². The third-order valence-corrected chi connectivity index (χ3v) is 0.670. The monoisotopic (exact) mass is 111 g/mol. The summed E-state index contributed by atoms with van der Waals surface area (Å²) >= 11 is 0. The Morgan fingerprint density at radius 1 is 1.75 bits per heavy atom. The van der Waals surface area contributed by atoms with Crippen molar-refractivity contribution in [3.05, 3.63) is 28.8 Å². The van der Waals surface area contributed by atoms with E-state index in [9.17, 15) is 4.79 Å². The first kappa shape index (κ1) is 4.90. The highest BCUT2D eigenvalue weighted by Crippen LogP contribution is 1.94. The van der Waals surface area contributed by atoms with E-state index in [-0.39, 0.29) is 0 Å². The molecule has 1 radical (unpaired) electrons. The lowest BCUT2D eigenvalue weighted by atomic mass is 10.5. The summed E-state index contributed by atoms with van der Waals surface area (Å²) in [6.45, 7) is 0. The van der Waals surface area contributed by atoms with E-state index in [0.717, 1.165) is 12.5 Å². The second-order valence-electron chi connectivity index (χ2n) is 1.23. The molecular weight excluding hydrogens is 108 g/mol. The molecule has 0 fully saturated rings. The molecule has 0 spiro atoms. The van der Waals surface area contributed by atoms with Crippen LogP contribution < -0.4 is 5.43 Å². The number of rotatable bonds is 0. The fourth-order valence-corrected chi connectivity index (χ4v) is 0.313. The molecule has 3 heteroatoms. The lowest BCUT2D eigenvalue weighted by molar-refractivity contribution is 0.429. The molecule has 1 N–H and O–H groups in total. The molecule has 0 aliphatic rings. The molecule has 8 heavy (non-hydrogen) atoms. The van der Waals surface area contributed by atoms with Gasteiger partial charge in [-0.15, -0.1) is 0 Å². The molecule has 3 nitrogen and oxygen atoms in total. The first-order valence-electron chi connectivity index (χ1n) is 1.98. The van der Waals surface area contributed by atoms with E-state index >= 15 is 0 Å². The van der Waals surface area contributed by atoms with E-state index in [1.165, 1.54) is 0 Å². The van der Waals surface area contributed by atoms with Crippen LogP contribution >= 0.6 is 0 Å². The topological polar surface area (TPSA) is 50.4 Å². The molecule has 0 aromatic carbocycles. The highest BCUT2D eigenvalue weighted by molar-refractivity contribution is 5.10. The lowest BCUT2D eigenvalue weighted by Crippen LogP contribution is -1.94. The Morgan fingerprint density at radius 2 is 2.50 bits per heavy atom. The highest BCUT2D eigenvalue weighted by atomic mass is 16.3. The fourth-order valence-electron chi connectivity index (χ4n) is 0.313. The molecule has 1 rings (SSSR count). The summed E-state index contributed by atoms with van der Waals surface area (Å²) in [6.07, 6.45) is 2.04. The molecule has 0 unspecified atom stereocenters. The van der Waals surface area contributed by atoms with Crippen molar-refractivity contribution in [2.75, 3.05) is 0 Å². The lowest BCUT2D eigenvalue weighted by Gasteiger charge is -1.81. The molecule has 1 heterocycles. The molecule has 41 valence electrons. The average Bonchev–Trinajstić information content (AvgIpc) is 1.77. The van der Waals surface area contributed by atoms with Gasteiger partial charge in [0.05, 0.1) is 6.07 Å². The largest absolute Gasteiger partial charge is 0.502 e. The maximum atomic E-state index is 10.3. The molecule has 0 bridgehead atoms. The van der Waals surface area contributed by atoms with E-state index < -0.39 is 11.2 Å². The molecule has 1 aromatic rings. The minimum atomic E-state index is -0.545. The van der Waals surface area contributed by atoms with Crippen molar-refractivity contribution in [2.24, 2.45) is 0 Å². The van der Waals surface area contributed by atoms with Crippen LogP contribution in [-0.4, -0.2) is 5.11 Å². The van der Waals surface area contributed by atoms with Crippen molar-refractivity contribution in [1.29, 1.82) is 0 Å². The van der Waals surface area contributed by atoms with Gasteiger partial charge in [0.25, 0.3) is 0 Å². The van der Waals surface area contributed by atoms with Gasteiger partial charge in [-0.05, 0) is 0 Å². The van der Waals surface area contributed by atoms with Crippen LogP contribution in [0, 0.1) is 6.07 Å². The summed E-state index contributed by atoms with van der Waals surface area (Å²) in [5.74, 6) is -0.410. The summed E-state index contributed by atoms with van der Waals surface area (Å²) in [5, 5.41) is 8.48. The number of aromatic hydroxyl groups is 1. The van der Waals surface area contributed by atoms with Gasteiger partial charge in [0.2, 0.25) is 5.43 Å². The van der Waals surface area contributed by atoms with E-state index in [2.05, 4.69) is 10.5 Å². The number of hydrogen-bond acceptors (Lipinski definition) is 3. The van der Waals surface area contributed by atoms with Gasteiger partial charge in [-0.1, -0.05) is 0 Å². The Labute approximate surface area is 45.2 Å². The smallest absolute Gasteiger partial charge is 0.234 e. The molecule has 0 saturated carbocycles. The summed E-state index contributed by atoms with van der Waals surface area (Å²) in [4.78, 5) is 10.3. The predicted molar refractivity (Wildman–Crippen MR) is 25.5 cm³/mol. The average molecular weight is 111 g/mol. The zero-order chi connectivity index (χ0) is 5.98. The van der Waals surface area contributed by atoms with Crippen LogP contribution in [0.4, 0.5) is 0 Å². The maximum Gasteiger partial charge on any atom is 0.234 e. The molecule has 0 aliphatic heterocycles. The molecule has 1 aromatic heterocycles. The Hall–Kier alpha value is -1.25. The van der Waals surface area contributed by atoms with Crippen LogP contribution in [0.15, 0.2) is 21.7 Å². The summed E-state index contributed by atoms with van der Waals surface area (Å²) < 4.78 is 4.38. The molecule has 0 atom stereocenters. The predicted octanol–water partition coefficient (Wildman–Crippen LogP) is 0.146. The van der Waals surface area contributed by atoms with E-state index in [0.29, 0.717) is 0 Å². The normalized spacial score (nSPS) is 9.00. The van der Waals surface area contributed by atoms with E-state index in [4.69, 9.17) is 5.11 Å². The van der Waals surface area contributed by atoms with Gasteiger partial charge in [0.1, 0.15) is 12.5 Å². The van der Waals surface area contributed by atoms with Crippen molar-refractivity contribution < 1.29 is 9.52 Å². The molecule has 0 aliphatic carbocycles. The standard InChI is InChI=1S/C5H3O3/c6-4-1-2-8-3-5(4)7/h2-3,7H. The van der Waals surface area contributed by atoms with Crippen molar-refractivity contribution in [2.45, 2.75) is 0 Å². The zero-order valence-electron chi connectivity index (χ0n) is 3.92. The van der Waals surface area contributed by atoms with Crippen LogP contribution in [0.3, 0.4) is 0 Å². The van der Waals surface area contributed by atoms with Gasteiger partial charge in [-0.2, -0.15) is 0 Å². The second-order valence-corrected chi connectivity index (χ2v) is 1.23. The molecule has 0 saturated heterocycles. The summed E-state index contributed by atoms with van der Waals surface area (Å²) in [6, 6.07) is 2.13. The second kappa shape index (κ2) is 1.69. The van der Waals surface area contributed by atoms with Crippen molar-refractivity contribution in [3.63, 3.8) is 0 Å². The van der Waals surface area contributed by atoms with Crippen LogP contribution in [0.25, 0.3) is 0 Å². The van der Waals surface area contributed by atoms with Gasteiger partial charge >= 0.3 is 0 Å². The SMILES string of the molecule is O=c1[c]cocc1O. The van der Waals surface area contributed by atoms with E-state index in [1.807, 2.05) is 0 Å². The van der Waals surface area contributed by atoms with E-state index in [1.54, 1.807) is 0 Å². The van der Waals surface area contributed by atoms with Crippen LogP contribution in [-0.2, 0) is 0 Å². The Kier molecular flexibility index (Phi) is 1.04. The summed E-state index contributed by atoms with van der Waals surface area (Å²) in [5.41, 5.74) is -0.545. The van der Waals surface area contributed by atoms with Crippen molar-refractivity contribution >= 4 is 0 Å². The first-order chi connectivity index (χ1) is 3.80. The van der Waals surface area contributed by atoms with Gasteiger partial charge in [0.15, 0.2) is 5.75 Å². The fraction of sp³-hybridized carbons (Fsp3) is 0. The Bertz CT molecular complexity index is 225. The molecule has 0 amide bonds. The highest BCUT2D eigenvalue weighted by Gasteiger charge is 1.90. The minimum absolute atomic E-state index is 0.410. The van der Waals surface area contributed by atoms with Crippen molar-refractivity contribution in [3.8, 4) is 5.75 Å². The van der Waals surface area contributed by atoms with Gasteiger partial charge in [0, 0.05) is 0 Å². The van der Waals surface area contributed by atoms with Crippen LogP contribution in [0.5, 0.6) is 5.75 Å². The van der Waals surface area contributed by atoms with Gasteiger partial charge in [-0.25, -0.2) is 0 Å². The quantitative estimate of drug-likeness (QED) is 0.518. The number of hydrogen-bond donors (Lipinski definition) is 1. The van der Waals surface area contributed by atoms with Crippen molar-refractivity contribution in [1.82, 2.24) is 0 Å². The Morgan fingerprint density at radius 3 is 2.88 bits per heavy atom. The van der Waals surface area contributed by atoms with Crippen LogP contribution in [0.1, 0.15) is 0 Å². The first-order valence-corrected chi connectivity index (χ1v) is 1.98. The van der Waals surface area contributed by atoms with Gasteiger partial charge in [-0.3, -0.25) is 4.79 Å². The molecular formula is C5H3O3. The third-order valence-electron chi connectivity index (χ3n) is 0.670. The minimum Gasteiger partial charge on any atom is -0.502 e. The van der Waals surface area contributed by atoms with Crippen LogP contribution in [0.2, 0.25) is 0 Å². The zero-order valence-corrected chi connectivity index (χ0v) is 3.92.